The normalized spacial score (nSPS) is 25.4. The van der Waals surface area contributed by atoms with E-state index in [0.29, 0.717) is 19.4 Å². The van der Waals surface area contributed by atoms with Gasteiger partial charge in [0.2, 0.25) is 5.79 Å². The number of hydrogen-bond acceptors (Lipinski definition) is 4. The van der Waals surface area contributed by atoms with Gasteiger partial charge in [-0.05, 0) is 32.1 Å². The summed E-state index contributed by atoms with van der Waals surface area (Å²) in [6.45, 7) is 4.91. The van der Waals surface area contributed by atoms with Gasteiger partial charge in [0.25, 0.3) is 0 Å². The maximum absolute atomic E-state index is 10.3. The number of hydrogen-bond donors (Lipinski definition) is 3. The highest BCUT2D eigenvalue weighted by Crippen LogP contribution is 2.36. The summed E-state index contributed by atoms with van der Waals surface area (Å²) >= 11 is 0. The molecule has 0 heterocycles. The smallest absolute Gasteiger partial charge is 0.204 e. The predicted octanol–water partition coefficient (Wildman–Crippen LogP) is 2.35. The van der Waals surface area contributed by atoms with Gasteiger partial charge >= 0.3 is 0 Å². The summed E-state index contributed by atoms with van der Waals surface area (Å²) in [6.07, 6.45) is 6.96. The molecule has 0 radical (unpaired) electrons. The Morgan fingerprint density at radius 1 is 1.05 bits per heavy atom. The summed E-state index contributed by atoms with van der Waals surface area (Å²) in [5.74, 6) is 3.52. The van der Waals surface area contributed by atoms with Crippen LogP contribution in [0.3, 0.4) is 0 Å². The molecule has 4 heteroatoms. The van der Waals surface area contributed by atoms with Crippen molar-refractivity contribution in [3.05, 3.63) is 0 Å². The molecule has 0 bridgehead atoms. The molecule has 0 amide bonds. The van der Waals surface area contributed by atoms with E-state index in [9.17, 15) is 15.3 Å². The van der Waals surface area contributed by atoms with E-state index >= 15 is 0 Å². The van der Waals surface area contributed by atoms with Gasteiger partial charge in [0.05, 0.1) is 0 Å². The Morgan fingerprint density at radius 2 is 1.76 bits per heavy atom. The lowest BCUT2D eigenvalue weighted by Crippen LogP contribution is -2.48. The first-order valence-corrected chi connectivity index (χ1v) is 8.26. The number of aliphatic hydroxyl groups is 3. The zero-order valence-corrected chi connectivity index (χ0v) is 13.4. The Kier molecular flexibility index (Phi) is 7.69. The number of unbranched alkanes of at least 4 members (excludes halogenated alkanes) is 3. The minimum Gasteiger partial charge on any atom is -0.372 e. The van der Waals surface area contributed by atoms with Crippen LogP contribution in [0.25, 0.3) is 0 Å². The van der Waals surface area contributed by atoms with E-state index in [2.05, 4.69) is 25.7 Å². The number of rotatable bonds is 8. The van der Waals surface area contributed by atoms with E-state index in [0.717, 1.165) is 38.5 Å². The van der Waals surface area contributed by atoms with Crippen molar-refractivity contribution < 1.29 is 20.1 Å². The van der Waals surface area contributed by atoms with E-state index < -0.39 is 11.4 Å². The van der Waals surface area contributed by atoms with Crippen molar-refractivity contribution in [1.29, 1.82) is 0 Å². The molecule has 2 atom stereocenters. The molecule has 0 aliphatic heterocycles. The quantitative estimate of drug-likeness (QED) is 0.365. The summed E-state index contributed by atoms with van der Waals surface area (Å²) in [6, 6.07) is 0. The first kappa shape index (κ1) is 18.4. The highest BCUT2D eigenvalue weighted by molar-refractivity contribution is 5.23. The minimum absolute atomic E-state index is 0.162. The van der Waals surface area contributed by atoms with Crippen molar-refractivity contribution in [3.8, 4) is 11.8 Å². The summed E-state index contributed by atoms with van der Waals surface area (Å²) in [7, 11) is 0. The van der Waals surface area contributed by atoms with Crippen molar-refractivity contribution in [3.63, 3.8) is 0 Å². The Hall–Kier alpha value is -0.600. The first-order valence-electron chi connectivity index (χ1n) is 8.26. The molecular weight excluding hydrogens is 268 g/mol. The third-order valence-corrected chi connectivity index (χ3v) is 4.05. The largest absolute Gasteiger partial charge is 0.372 e. The van der Waals surface area contributed by atoms with Crippen LogP contribution in [0.5, 0.6) is 0 Å². The summed E-state index contributed by atoms with van der Waals surface area (Å²) in [5, 5.41) is 29.9. The topological polar surface area (TPSA) is 69.9 Å². The minimum atomic E-state index is -2.10. The molecule has 0 aromatic carbocycles. The Balaban J connectivity index is 2.64. The molecule has 1 rings (SSSR count). The fourth-order valence-corrected chi connectivity index (χ4v) is 2.51. The second-order valence-electron chi connectivity index (χ2n) is 6.01. The van der Waals surface area contributed by atoms with Gasteiger partial charge in [0.1, 0.15) is 6.10 Å². The lowest BCUT2D eigenvalue weighted by Gasteiger charge is -2.28. The van der Waals surface area contributed by atoms with Crippen LogP contribution >= 0.6 is 0 Å². The van der Waals surface area contributed by atoms with Crippen LogP contribution in [0, 0.1) is 11.8 Å². The van der Waals surface area contributed by atoms with Gasteiger partial charge in [0, 0.05) is 13.0 Å². The molecule has 0 aromatic rings. The fraction of sp³-hybridized carbons (Fsp3) is 0.882. The third-order valence-electron chi connectivity index (χ3n) is 4.05. The van der Waals surface area contributed by atoms with Crippen LogP contribution in [0.15, 0.2) is 0 Å². The molecule has 4 nitrogen and oxygen atoms in total. The third kappa shape index (κ3) is 5.60. The zero-order chi connectivity index (χ0) is 15.8. The van der Waals surface area contributed by atoms with Crippen molar-refractivity contribution in [2.45, 2.75) is 89.1 Å². The van der Waals surface area contributed by atoms with Crippen LogP contribution in [-0.2, 0) is 4.74 Å². The van der Waals surface area contributed by atoms with Crippen LogP contribution in [0.4, 0.5) is 0 Å². The van der Waals surface area contributed by atoms with Crippen molar-refractivity contribution >= 4 is 0 Å². The van der Waals surface area contributed by atoms with E-state index in [1.165, 1.54) is 0 Å². The molecule has 122 valence electrons. The SMILES string of the molecule is CCCCCC(C#CC1(O)CCCC1(O)O)OCCCC. The molecule has 1 fully saturated rings. The summed E-state index contributed by atoms with van der Waals surface area (Å²) in [5.41, 5.74) is -1.72. The van der Waals surface area contributed by atoms with Gasteiger partial charge in [-0.2, -0.15) is 0 Å². The molecule has 3 N–H and O–H groups in total. The maximum atomic E-state index is 10.3. The van der Waals surface area contributed by atoms with Gasteiger partial charge in [-0.1, -0.05) is 45.0 Å². The molecule has 0 aromatic heterocycles. The van der Waals surface area contributed by atoms with Crippen LogP contribution < -0.4 is 0 Å². The van der Waals surface area contributed by atoms with E-state index in [1.807, 2.05) is 0 Å². The Bertz CT molecular complexity index is 346. The molecule has 1 aliphatic rings. The highest BCUT2D eigenvalue weighted by Gasteiger charge is 2.51. The second-order valence-corrected chi connectivity index (χ2v) is 6.01. The van der Waals surface area contributed by atoms with Crippen molar-refractivity contribution in [2.75, 3.05) is 6.61 Å². The van der Waals surface area contributed by atoms with Gasteiger partial charge in [-0.25, -0.2) is 0 Å². The number of ether oxygens (including phenoxy) is 1. The highest BCUT2D eigenvalue weighted by atomic mass is 16.5. The monoisotopic (exact) mass is 298 g/mol. The van der Waals surface area contributed by atoms with E-state index in [4.69, 9.17) is 4.74 Å². The Morgan fingerprint density at radius 3 is 2.33 bits per heavy atom. The van der Waals surface area contributed by atoms with Crippen LogP contribution in [-0.4, -0.2) is 39.4 Å². The Labute approximate surface area is 128 Å². The molecule has 1 aliphatic carbocycles. The van der Waals surface area contributed by atoms with Gasteiger partial charge < -0.3 is 20.1 Å². The zero-order valence-electron chi connectivity index (χ0n) is 13.4. The average Bonchev–Trinajstić information content (AvgIpc) is 2.70. The molecule has 0 saturated heterocycles. The molecule has 0 spiro atoms. The lowest BCUT2D eigenvalue weighted by molar-refractivity contribution is -0.235. The lowest BCUT2D eigenvalue weighted by atomic mass is 9.96. The molecule has 2 unspecified atom stereocenters. The van der Waals surface area contributed by atoms with Gasteiger partial charge in [-0.3, -0.25) is 0 Å². The molecular formula is C17H30O4. The fourth-order valence-electron chi connectivity index (χ4n) is 2.51. The average molecular weight is 298 g/mol. The van der Waals surface area contributed by atoms with Gasteiger partial charge in [0.15, 0.2) is 5.60 Å². The van der Waals surface area contributed by atoms with Crippen LogP contribution in [0.1, 0.15) is 71.6 Å². The van der Waals surface area contributed by atoms with E-state index in [1.54, 1.807) is 0 Å². The summed E-state index contributed by atoms with van der Waals surface area (Å²) in [4.78, 5) is 0. The summed E-state index contributed by atoms with van der Waals surface area (Å²) < 4.78 is 5.75. The van der Waals surface area contributed by atoms with E-state index in [-0.39, 0.29) is 12.5 Å². The predicted molar refractivity (Wildman–Crippen MR) is 82.5 cm³/mol. The van der Waals surface area contributed by atoms with Crippen LogP contribution in [0.2, 0.25) is 0 Å². The first-order chi connectivity index (χ1) is 9.95. The maximum Gasteiger partial charge on any atom is 0.204 e. The molecule has 21 heavy (non-hydrogen) atoms. The molecule has 1 saturated carbocycles. The standard InChI is InChI=1S/C17H30O4/c1-3-5-7-9-15(21-14-6-4-2)10-13-16(18)11-8-12-17(16,19)20/h15,18-20H,3-9,11-12,14H2,1-2H3. The second kappa shape index (κ2) is 8.75. The van der Waals surface area contributed by atoms with Crippen molar-refractivity contribution in [2.24, 2.45) is 0 Å². The van der Waals surface area contributed by atoms with Crippen molar-refractivity contribution in [1.82, 2.24) is 0 Å². The van der Waals surface area contributed by atoms with Gasteiger partial charge in [-0.15, -0.1) is 0 Å².